The summed E-state index contributed by atoms with van der Waals surface area (Å²) >= 11 is 5.64. The van der Waals surface area contributed by atoms with Crippen LogP contribution in [0, 0.1) is 5.92 Å². The molecule has 0 saturated carbocycles. The van der Waals surface area contributed by atoms with Crippen LogP contribution in [0.1, 0.15) is 46.1 Å². The van der Waals surface area contributed by atoms with Gasteiger partial charge in [0.1, 0.15) is 5.82 Å². The average Bonchev–Trinajstić information content (AvgIpc) is 2.66. The smallest absolute Gasteiger partial charge is 0.330 e. The first-order chi connectivity index (χ1) is 13.8. The van der Waals surface area contributed by atoms with Crippen LogP contribution in [-0.4, -0.2) is 21.2 Å². The fourth-order valence-corrected chi connectivity index (χ4v) is 3.36. The number of benzene rings is 1. The number of H-pyrrole nitrogens is 1. The molecule has 1 aromatic heterocycles. The zero-order chi connectivity index (χ0) is 21.6. The number of rotatable bonds is 8. The molecule has 0 atom stereocenters. The third kappa shape index (κ3) is 5.69. The van der Waals surface area contributed by atoms with Crippen molar-refractivity contribution in [3.05, 3.63) is 50.7 Å². The standard InChI is InChI=1S/C21H31N5O2S/c1-5-7-11-25-18(22)17(19(27)24-20(25)28)26(13-14(3)4)21(29)23-16-10-8-9-15(6-2)12-16/h8-10,12,14H,5-7,11,13,22H2,1-4H3,(H,23,29)(H,24,27,28). The summed E-state index contributed by atoms with van der Waals surface area (Å²) < 4.78 is 1.41. The topological polar surface area (TPSA) is 96.2 Å². The van der Waals surface area contributed by atoms with Crippen LogP contribution >= 0.6 is 12.2 Å². The first kappa shape index (κ1) is 22.7. The number of aryl methyl sites for hydroxylation is 1. The predicted octanol–water partition coefficient (Wildman–Crippen LogP) is 3.34. The maximum Gasteiger partial charge on any atom is 0.330 e. The molecule has 0 unspecified atom stereocenters. The molecule has 0 saturated heterocycles. The molecule has 4 N–H and O–H groups in total. The number of nitrogens with one attached hydrogen (secondary N) is 2. The van der Waals surface area contributed by atoms with E-state index in [4.69, 9.17) is 18.0 Å². The summed E-state index contributed by atoms with van der Waals surface area (Å²) in [5, 5.41) is 3.58. The van der Waals surface area contributed by atoms with Crippen molar-refractivity contribution in [3.8, 4) is 0 Å². The lowest BCUT2D eigenvalue weighted by molar-refractivity contribution is 0.601. The second kappa shape index (κ2) is 10.2. The molecule has 8 heteroatoms. The minimum Gasteiger partial charge on any atom is -0.383 e. The van der Waals surface area contributed by atoms with Crippen LogP contribution in [0.15, 0.2) is 33.9 Å². The lowest BCUT2D eigenvalue weighted by Crippen LogP contribution is -2.44. The van der Waals surface area contributed by atoms with Gasteiger partial charge in [-0.2, -0.15) is 0 Å². The Hall–Kier alpha value is -2.61. The molecule has 0 aliphatic heterocycles. The van der Waals surface area contributed by atoms with E-state index in [9.17, 15) is 9.59 Å². The van der Waals surface area contributed by atoms with Gasteiger partial charge in [0, 0.05) is 18.8 Å². The molecule has 0 aliphatic carbocycles. The summed E-state index contributed by atoms with van der Waals surface area (Å²) in [7, 11) is 0. The molecular formula is C21H31N5O2S. The number of hydrogen-bond donors (Lipinski definition) is 3. The summed E-state index contributed by atoms with van der Waals surface area (Å²) in [6.45, 7) is 9.11. The molecule has 0 fully saturated rings. The predicted molar refractivity (Wildman–Crippen MR) is 125 cm³/mol. The molecule has 1 aromatic carbocycles. The van der Waals surface area contributed by atoms with Crippen LogP contribution in [-0.2, 0) is 13.0 Å². The van der Waals surface area contributed by atoms with E-state index in [2.05, 4.69) is 17.2 Å². The van der Waals surface area contributed by atoms with Crippen molar-refractivity contribution < 1.29 is 0 Å². The van der Waals surface area contributed by atoms with Crippen molar-refractivity contribution >= 4 is 34.5 Å². The Bertz CT molecular complexity index is 964. The Morgan fingerprint density at radius 2 is 2.03 bits per heavy atom. The van der Waals surface area contributed by atoms with E-state index in [1.54, 1.807) is 4.90 Å². The Morgan fingerprint density at radius 1 is 1.31 bits per heavy atom. The maximum atomic E-state index is 12.7. The van der Waals surface area contributed by atoms with E-state index in [0.717, 1.165) is 24.9 Å². The van der Waals surface area contributed by atoms with Crippen LogP contribution in [0.4, 0.5) is 17.2 Å². The molecule has 1 heterocycles. The number of anilines is 3. The second-order valence-electron chi connectivity index (χ2n) is 7.49. The highest BCUT2D eigenvalue weighted by atomic mass is 32.1. The van der Waals surface area contributed by atoms with Crippen molar-refractivity contribution in [3.63, 3.8) is 0 Å². The highest BCUT2D eigenvalue weighted by Gasteiger charge is 2.23. The van der Waals surface area contributed by atoms with Crippen molar-refractivity contribution in [1.82, 2.24) is 9.55 Å². The molecular weight excluding hydrogens is 386 g/mol. The maximum absolute atomic E-state index is 12.7. The molecule has 0 amide bonds. The van der Waals surface area contributed by atoms with Gasteiger partial charge in [0.05, 0.1) is 0 Å². The average molecular weight is 418 g/mol. The van der Waals surface area contributed by atoms with Crippen LogP contribution < -0.4 is 27.2 Å². The summed E-state index contributed by atoms with van der Waals surface area (Å²) in [5.41, 5.74) is 7.49. The van der Waals surface area contributed by atoms with E-state index in [1.165, 1.54) is 10.1 Å². The first-order valence-corrected chi connectivity index (χ1v) is 10.5. The molecule has 0 aliphatic rings. The lowest BCUT2D eigenvalue weighted by Gasteiger charge is -2.28. The van der Waals surface area contributed by atoms with Gasteiger partial charge in [-0.1, -0.05) is 46.2 Å². The summed E-state index contributed by atoms with van der Waals surface area (Å²) in [6, 6.07) is 7.96. The summed E-state index contributed by atoms with van der Waals surface area (Å²) in [6.07, 6.45) is 2.60. The molecule has 0 radical (unpaired) electrons. The lowest BCUT2D eigenvalue weighted by atomic mass is 10.1. The number of thiocarbonyl (C=S) groups is 1. The van der Waals surface area contributed by atoms with E-state index in [-0.39, 0.29) is 17.4 Å². The Kier molecular flexibility index (Phi) is 8.01. The Balaban J connectivity index is 2.47. The van der Waals surface area contributed by atoms with Crippen LogP contribution in [0.3, 0.4) is 0 Å². The monoisotopic (exact) mass is 417 g/mol. The van der Waals surface area contributed by atoms with E-state index < -0.39 is 11.2 Å². The quantitative estimate of drug-likeness (QED) is 0.570. The van der Waals surface area contributed by atoms with E-state index in [0.29, 0.717) is 18.2 Å². The van der Waals surface area contributed by atoms with Crippen molar-refractivity contribution in [2.75, 3.05) is 22.5 Å². The molecule has 2 rings (SSSR count). The van der Waals surface area contributed by atoms with E-state index >= 15 is 0 Å². The van der Waals surface area contributed by atoms with Gasteiger partial charge >= 0.3 is 5.69 Å². The van der Waals surface area contributed by atoms with Crippen molar-refractivity contribution in [2.24, 2.45) is 5.92 Å². The SMILES string of the molecule is CCCCn1c(N)c(N(CC(C)C)C(=S)Nc2cccc(CC)c2)c(=O)[nH]c1=O. The molecule has 0 bridgehead atoms. The highest BCUT2D eigenvalue weighted by Crippen LogP contribution is 2.21. The normalized spacial score (nSPS) is 10.9. The number of aromatic amines is 1. The fraction of sp³-hybridized carbons (Fsp3) is 0.476. The van der Waals surface area contributed by atoms with Gasteiger partial charge < -0.3 is 16.0 Å². The molecule has 0 spiro atoms. The number of nitrogens with two attached hydrogens (primary N) is 1. The van der Waals surface area contributed by atoms with Gasteiger partial charge in [0.25, 0.3) is 5.56 Å². The molecule has 7 nitrogen and oxygen atoms in total. The number of unbranched alkanes of at least 4 members (excludes halogenated alkanes) is 1. The first-order valence-electron chi connectivity index (χ1n) is 10.1. The fourth-order valence-electron chi connectivity index (χ4n) is 3.08. The van der Waals surface area contributed by atoms with Gasteiger partial charge in [-0.05, 0) is 48.7 Å². The van der Waals surface area contributed by atoms with Gasteiger partial charge in [0.2, 0.25) is 0 Å². The zero-order valence-corrected chi connectivity index (χ0v) is 18.4. The molecule has 2 aromatic rings. The van der Waals surface area contributed by atoms with Gasteiger partial charge in [-0.3, -0.25) is 14.3 Å². The van der Waals surface area contributed by atoms with E-state index in [1.807, 2.05) is 45.0 Å². The minimum atomic E-state index is -0.535. The Labute approximate surface area is 176 Å². The van der Waals surface area contributed by atoms with Crippen LogP contribution in [0.2, 0.25) is 0 Å². The number of hydrogen-bond acceptors (Lipinski definition) is 4. The van der Waals surface area contributed by atoms with Crippen molar-refractivity contribution in [1.29, 1.82) is 0 Å². The molecule has 29 heavy (non-hydrogen) atoms. The summed E-state index contributed by atoms with van der Waals surface area (Å²) in [5.74, 6) is 0.353. The minimum absolute atomic E-state index is 0.138. The largest absolute Gasteiger partial charge is 0.383 e. The second-order valence-corrected chi connectivity index (χ2v) is 7.87. The van der Waals surface area contributed by atoms with Crippen molar-refractivity contribution in [2.45, 2.75) is 53.5 Å². The Morgan fingerprint density at radius 3 is 2.66 bits per heavy atom. The summed E-state index contributed by atoms with van der Waals surface area (Å²) in [4.78, 5) is 29.0. The van der Waals surface area contributed by atoms with Gasteiger partial charge in [0.15, 0.2) is 10.8 Å². The molecule has 158 valence electrons. The van der Waals surface area contributed by atoms with Crippen LogP contribution in [0.25, 0.3) is 0 Å². The number of nitrogen functional groups attached to an aromatic ring is 1. The van der Waals surface area contributed by atoms with Gasteiger partial charge in [-0.15, -0.1) is 0 Å². The third-order valence-electron chi connectivity index (χ3n) is 4.60. The highest BCUT2D eigenvalue weighted by molar-refractivity contribution is 7.80. The number of nitrogens with zero attached hydrogens (tertiary/aromatic N) is 2. The van der Waals surface area contributed by atoms with Gasteiger partial charge in [-0.25, -0.2) is 4.79 Å². The van der Waals surface area contributed by atoms with Crippen LogP contribution in [0.5, 0.6) is 0 Å². The third-order valence-corrected chi connectivity index (χ3v) is 4.92. The zero-order valence-electron chi connectivity index (χ0n) is 17.6. The number of aromatic nitrogens is 2.